The van der Waals surface area contributed by atoms with Crippen molar-refractivity contribution >= 4 is 11.3 Å². The quantitative estimate of drug-likeness (QED) is 0.752. The Labute approximate surface area is 77.2 Å². The van der Waals surface area contributed by atoms with E-state index in [-0.39, 0.29) is 6.04 Å². The van der Waals surface area contributed by atoms with Crippen LogP contribution in [0.5, 0.6) is 0 Å². The Hall–Kier alpha value is -0.380. The molecule has 1 atom stereocenters. The van der Waals surface area contributed by atoms with Crippen LogP contribution in [0.1, 0.15) is 24.8 Å². The first kappa shape index (κ1) is 9.71. The lowest BCUT2D eigenvalue weighted by Gasteiger charge is -2.27. The van der Waals surface area contributed by atoms with Crippen LogP contribution in [0.2, 0.25) is 0 Å². The van der Waals surface area contributed by atoms with Gasteiger partial charge in [0, 0.05) is 4.88 Å². The van der Waals surface area contributed by atoms with Gasteiger partial charge in [-0.2, -0.15) is 0 Å². The summed E-state index contributed by atoms with van der Waals surface area (Å²) in [4.78, 5) is 1.17. The smallest absolute Gasteiger partial charge is 0.0793 e. The lowest BCUT2D eigenvalue weighted by Crippen LogP contribution is -2.36. The van der Waals surface area contributed by atoms with E-state index in [1.54, 1.807) is 11.3 Å². The van der Waals surface area contributed by atoms with Crippen LogP contribution < -0.4 is 5.32 Å². The molecule has 2 nitrogen and oxygen atoms in total. The molecule has 1 heterocycles. The monoisotopic (exact) mass is 185 g/mol. The maximum atomic E-state index is 9.79. The van der Waals surface area contributed by atoms with E-state index in [2.05, 4.69) is 5.32 Å². The largest absolute Gasteiger partial charge is 0.388 e. The lowest BCUT2D eigenvalue weighted by atomic mass is 9.98. The molecule has 0 saturated carbocycles. The fourth-order valence-electron chi connectivity index (χ4n) is 1.30. The van der Waals surface area contributed by atoms with E-state index in [1.165, 1.54) is 4.88 Å². The first-order valence-corrected chi connectivity index (χ1v) is 4.86. The van der Waals surface area contributed by atoms with Crippen molar-refractivity contribution in [1.29, 1.82) is 0 Å². The Morgan fingerprint density at radius 1 is 1.58 bits per heavy atom. The van der Waals surface area contributed by atoms with Gasteiger partial charge in [0.15, 0.2) is 0 Å². The summed E-state index contributed by atoms with van der Waals surface area (Å²) in [5.74, 6) is 0. The molecule has 0 radical (unpaired) electrons. The van der Waals surface area contributed by atoms with E-state index in [4.69, 9.17) is 0 Å². The van der Waals surface area contributed by atoms with Crippen LogP contribution in [0, 0.1) is 0 Å². The lowest BCUT2D eigenvalue weighted by molar-refractivity contribution is 0.0413. The number of nitrogens with one attached hydrogen (secondary N) is 1. The number of likely N-dealkylation sites (N-methyl/N-ethyl adjacent to an activating group) is 1. The van der Waals surface area contributed by atoms with Crippen molar-refractivity contribution < 1.29 is 5.11 Å². The molecule has 3 heteroatoms. The van der Waals surface area contributed by atoms with Crippen molar-refractivity contribution in [3.8, 4) is 0 Å². The van der Waals surface area contributed by atoms with Crippen LogP contribution in [0.15, 0.2) is 17.5 Å². The summed E-state index contributed by atoms with van der Waals surface area (Å²) in [5, 5.41) is 14.9. The van der Waals surface area contributed by atoms with Crippen LogP contribution in [0.3, 0.4) is 0 Å². The number of hydrogen-bond acceptors (Lipinski definition) is 3. The van der Waals surface area contributed by atoms with Crippen LogP contribution in [-0.4, -0.2) is 17.8 Å². The molecular weight excluding hydrogens is 170 g/mol. The zero-order valence-electron chi connectivity index (χ0n) is 7.66. The Morgan fingerprint density at radius 3 is 2.58 bits per heavy atom. The molecule has 1 aromatic heterocycles. The van der Waals surface area contributed by atoms with Gasteiger partial charge < -0.3 is 10.4 Å². The Morgan fingerprint density at radius 2 is 2.25 bits per heavy atom. The van der Waals surface area contributed by atoms with Gasteiger partial charge in [-0.05, 0) is 32.3 Å². The number of hydrogen-bond donors (Lipinski definition) is 2. The summed E-state index contributed by atoms with van der Waals surface area (Å²) >= 11 is 1.66. The van der Waals surface area contributed by atoms with Crippen LogP contribution in [-0.2, 0) is 0 Å². The normalized spacial score (nSPS) is 14.7. The van der Waals surface area contributed by atoms with Gasteiger partial charge in [-0.15, -0.1) is 11.3 Å². The molecule has 0 aromatic carbocycles. The fraction of sp³-hybridized carbons (Fsp3) is 0.556. The van der Waals surface area contributed by atoms with Crippen molar-refractivity contribution in [2.24, 2.45) is 0 Å². The molecule has 2 N–H and O–H groups in total. The molecule has 0 aliphatic rings. The molecule has 0 saturated heterocycles. The van der Waals surface area contributed by atoms with Crippen molar-refractivity contribution in [3.05, 3.63) is 22.4 Å². The van der Waals surface area contributed by atoms with Gasteiger partial charge in [0.05, 0.1) is 11.6 Å². The minimum Gasteiger partial charge on any atom is -0.388 e. The predicted molar refractivity (Wildman–Crippen MR) is 52.4 cm³/mol. The SMILES string of the molecule is CNC(c1cccs1)C(C)(C)O. The minimum absolute atomic E-state index is 0.0255. The molecule has 68 valence electrons. The molecule has 1 unspecified atom stereocenters. The van der Waals surface area contributed by atoms with Gasteiger partial charge in [0.1, 0.15) is 0 Å². The summed E-state index contributed by atoms with van der Waals surface area (Å²) in [5.41, 5.74) is -0.709. The molecule has 1 rings (SSSR count). The van der Waals surface area contributed by atoms with Crippen molar-refractivity contribution in [3.63, 3.8) is 0 Å². The van der Waals surface area contributed by atoms with Crippen LogP contribution in [0.25, 0.3) is 0 Å². The highest BCUT2D eigenvalue weighted by molar-refractivity contribution is 7.10. The number of thiophene rings is 1. The maximum Gasteiger partial charge on any atom is 0.0793 e. The highest BCUT2D eigenvalue weighted by atomic mass is 32.1. The van der Waals surface area contributed by atoms with Gasteiger partial charge in [-0.3, -0.25) is 0 Å². The maximum absolute atomic E-state index is 9.79. The van der Waals surface area contributed by atoms with E-state index in [0.29, 0.717) is 0 Å². The Bertz CT molecular complexity index is 225. The van der Waals surface area contributed by atoms with E-state index in [1.807, 2.05) is 38.4 Å². The standard InChI is InChI=1S/C9H15NOS/c1-9(2,11)8(10-3)7-5-4-6-12-7/h4-6,8,10-11H,1-3H3. The second-order valence-electron chi connectivity index (χ2n) is 3.39. The van der Waals surface area contributed by atoms with Gasteiger partial charge in [-0.1, -0.05) is 6.07 Å². The average molecular weight is 185 g/mol. The number of aliphatic hydroxyl groups is 1. The molecule has 12 heavy (non-hydrogen) atoms. The highest BCUT2D eigenvalue weighted by Gasteiger charge is 2.27. The summed E-state index contributed by atoms with van der Waals surface area (Å²) in [6, 6.07) is 4.05. The van der Waals surface area contributed by atoms with E-state index < -0.39 is 5.60 Å². The van der Waals surface area contributed by atoms with E-state index in [9.17, 15) is 5.11 Å². The molecule has 0 aliphatic heterocycles. The van der Waals surface area contributed by atoms with Crippen LogP contribution in [0.4, 0.5) is 0 Å². The van der Waals surface area contributed by atoms with Crippen molar-refractivity contribution in [2.75, 3.05) is 7.05 Å². The molecule has 0 aliphatic carbocycles. The molecule has 0 fully saturated rings. The summed E-state index contributed by atoms with van der Waals surface area (Å²) in [6.07, 6.45) is 0. The van der Waals surface area contributed by atoms with Gasteiger partial charge in [0.25, 0.3) is 0 Å². The summed E-state index contributed by atoms with van der Waals surface area (Å²) < 4.78 is 0. The molecule has 0 bridgehead atoms. The van der Waals surface area contributed by atoms with E-state index in [0.717, 1.165) is 0 Å². The first-order valence-electron chi connectivity index (χ1n) is 3.98. The van der Waals surface area contributed by atoms with Crippen molar-refractivity contribution in [1.82, 2.24) is 5.32 Å². The summed E-state index contributed by atoms with van der Waals surface area (Å²) in [7, 11) is 1.86. The third kappa shape index (κ3) is 2.06. The average Bonchev–Trinajstić information content (AvgIpc) is 2.38. The van der Waals surface area contributed by atoms with E-state index >= 15 is 0 Å². The van der Waals surface area contributed by atoms with Crippen molar-refractivity contribution in [2.45, 2.75) is 25.5 Å². The first-order chi connectivity index (χ1) is 5.55. The molecular formula is C9H15NOS. The predicted octanol–water partition coefficient (Wildman–Crippen LogP) is 1.78. The third-order valence-electron chi connectivity index (χ3n) is 1.82. The molecule has 0 spiro atoms. The fourth-order valence-corrected chi connectivity index (χ4v) is 2.31. The zero-order valence-corrected chi connectivity index (χ0v) is 8.48. The van der Waals surface area contributed by atoms with Gasteiger partial charge >= 0.3 is 0 Å². The van der Waals surface area contributed by atoms with Crippen LogP contribution >= 0.6 is 11.3 Å². The second-order valence-corrected chi connectivity index (χ2v) is 4.37. The highest BCUT2D eigenvalue weighted by Crippen LogP contribution is 2.28. The Balaban J connectivity index is 2.84. The zero-order chi connectivity index (χ0) is 9.19. The summed E-state index contributed by atoms with van der Waals surface area (Å²) in [6.45, 7) is 3.63. The van der Waals surface area contributed by atoms with Gasteiger partial charge in [-0.25, -0.2) is 0 Å². The Kier molecular flexibility index (Phi) is 2.88. The molecule has 0 amide bonds. The van der Waals surface area contributed by atoms with Gasteiger partial charge in [0.2, 0.25) is 0 Å². The number of rotatable bonds is 3. The minimum atomic E-state index is -0.709. The molecule has 1 aromatic rings. The third-order valence-corrected chi connectivity index (χ3v) is 2.76. The topological polar surface area (TPSA) is 32.3 Å². The second kappa shape index (κ2) is 3.56.